The number of aliphatic hydroxyl groups excluding tert-OH is 1. The smallest absolute Gasteiger partial charge is 0.322 e. The molecule has 1 fully saturated rings. The van der Waals surface area contributed by atoms with Gasteiger partial charge >= 0.3 is 6.03 Å². The lowest BCUT2D eigenvalue weighted by molar-refractivity contribution is 0.168. The highest BCUT2D eigenvalue weighted by Gasteiger charge is 2.36. The largest absolute Gasteiger partial charge is 0.506 e. The number of phenolic OH excluding ortho intramolecular Hbond substituents is 1. The van der Waals surface area contributed by atoms with E-state index in [-0.39, 0.29) is 52.2 Å². The molecule has 48 heavy (non-hydrogen) atoms. The Morgan fingerprint density at radius 3 is 2.21 bits per heavy atom. The van der Waals surface area contributed by atoms with Gasteiger partial charge in [-0.15, -0.1) is 0 Å². The van der Waals surface area contributed by atoms with Crippen molar-refractivity contribution in [2.24, 2.45) is 5.92 Å². The molecule has 0 aromatic heterocycles. The first-order chi connectivity index (χ1) is 22.6. The average molecular weight is 710 g/mol. The molecular formula is C32H41F2N5O7S2. The van der Waals surface area contributed by atoms with Crippen LogP contribution in [0.5, 0.6) is 5.75 Å². The summed E-state index contributed by atoms with van der Waals surface area (Å²) in [4.78, 5) is 14.3. The predicted octanol–water partition coefficient (Wildman–Crippen LogP) is 3.91. The Hall–Kier alpha value is -3.83. The molecule has 6 N–H and O–H groups in total. The van der Waals surface area contributed by atoms with Crippen molar-refractivity contribution in [3.05, 3.63) is 83.4 Å². The summed E-state index contributed by atoms with van der Waals surface area (Å²) in [5.41, 5.74) is 0.146. The van der Waals surface area contributed by atoms with Crippen LogP contribution in [0.1, 0.15) is 43.9 Å². The molecule has 1 saturated heterocycles. The molecule has 12 nitrogen and oxygen atoms in total. The maximum absolute atomic E-state index is 14.3. The van der Waals surface area contributed by atoms with Crippen molar-refractivity contribution in [1.82, 2.24) is 15.5 Å². The fourth-order valence-corrected chi connectivity index (χ4v) is 7.94. The lowest BCUT2D eigenvalue weighted by Gasteiger charge is -2.32. The number of phenols is 1. The molecule has 0 radical (unpaired) electrons. The molecule has 0 aliphatic carbocycles. The molecule has 0 saturated carbocycles. The first kappa shape index (κ1) is 37.0. The van der Waals surface area contributed by atoms with Gasteiger partial charge in [0.05, 0.1) is 29.5 Å². The molecule has 4 rings (SSSR count). The van der Waals surface area contributed by atoms with Gasteiger partial charge in [0.2, 0.25) is 10.0 Å². The summed E-state index contributed by atoms with van der Waals surface area (Å²) in [6.07, 6.45) is 0.778. The maximum Gasteiger partial charge on any atom is 0.322 e. The van der Waals surface area contributed by atoms with Crippen LogP contribution in [-0.2, 0) is 26.4 Å². The Balaban J connectivity index is 1.50. The van der Waals surface area contributed by atoms with Crippen LogP contribution in [0.4, 0.5) is 25.0 Å². The Morgan fingerprint density at radius 1 is 1.00 bits per heavy atom. The summed E-state index contributed by atoms with van der Waals surface area (Å²) in [5.74, 6) is -2.19. The van der Waals surface area contributed by atoms with E-state index in [0.717, 1.165) is 18.4 Å². The number of rotatable bonds is 13. The summed E-state index contributed by atoms with van der Waals surface area (Å²) in [5, 5.41) is 28.8. The molecule has 1 heterocycles. The first-order valence-electron chi connectivity index (χ1n) is 15.3. The number of sulfonamides is 1. The zero-order chi connectivity index (χ0) is 35.2. The number of aromatic hydroxyl groups is 1. The Kier molecular flexibility index (Phi) is 12.0. The van der Waals surface area contributed by atoms with Crippen molar-refractivity contribution < 1.29 is 40.6 Å². The van der Waals surface area contributed by atoms with Crippen LogP contribution in [0.15, 0.2) is 65.6 Å². The van der Waals surface area contributed by atoms with E-state index in [0.29, 0.717) is 25.9 Å². The van der Waals surface area contributed by atoms with Gasteiger partial charge in [-0.05, 0) is 99.8 Å². The van der Waals surface area contributed by atoms with Crippen molar-refractivity contribution >= 4 is 37.3 Å². The number of nitrogens with one attached hydrogen (secondary N) is 4. The molecule has 1 aliphatic heterocycles. The molecule has 1 aliphatic rings. The van der Waals surface area contributed by atoms with E-state index in [4.69, 9.17) is 0 Å². The average Bonchev–Trinajstić information content (AvgIpc) is 3.01. The summed E-state index contributed by atoms with van der Waals surface area (Å²) in [7, 11) is -7.74. The molecule has 0 bridgehead atoms. The molecule has 3 aromatic carbocycles. The third-order valence-corrected chi connectivity index (χ3v) is 10.8. The van der Waals surface area contributed by atoms with Gasteiger partial charge in [-0.3, -0.25) is 10.0 Å². The Bertz CT molecular complexity index is 1780. The highest BCUT2D eigenvalue weighted by Crippen LogP contribution is 2.30. The third-order valence-electron chi connectivity index (χ3n) is 8.07. The molecule has 0 spiro atoms. The third kappa shape index (κ3) is 9.41. The standard InChI is InChI=1S/C32H41F2N5O7S2/c1-20(2)39(19-25-26(33)5-4-6-27(25)34)32(42)37-23-8-10-24(11-9-23)48(45,46)31(21-13-15-35-16-14-21)36-18-30(41)22-7-12-29(40)28(17-22)38-47(3,43)44/h4-12,17,20-21,30-31,35-36,38,40-41H,13-16,18-19H2,1-3H3,(H,37,42)/t30-,31?/m0/s1. The molecule has 2 atom stereocenters. The lowest BCUT2D eigenvalue weighted by atomic mass is 9.97. The van der Waals surface area contributed by atoms with Gasteiger partial charge in [0.1, 0.15) is 22.8 Å². The topological polar surface area (TPSA) is 177 Å². The number of benzene rings is 3. The minimum absolute atomic E-state index is 0.0237. The van der Waals surface area contributed by atoms with Crippen LogP contribution in [0.3, 0.4) is 0 Å². The number of amides is 2. The summed E-state index contributed by atoms with van der Waals surface area (Å²) >= 11 is 0. The monoisotopic (exact) mass is 709 g/mol. The van der Waals surface area contributed by atoms with Gasteiger partial charge in [0.15, 0.2) is 9.84 Å². The van der Waals surface area contributed by atoms with Crippen LogP contribution in [0.25, 0.3) is 0 Å². The number of sulfone groups is 1. The second-order valence-corrected chi connectivity index (χ2v) is 15.8. The number of nitrogens with zero attached hydrogens (tertiary/aromatic N) is 1. The molecule has 2 amide bonds. The number of anilines is 2. The molecule has 3 aromatic rings. The summed E-state index contributed by atoms with van der Waals surface area (Å²) < 4.78 is 82.1. The van der Waals surface area contributed by atoms with Gasteiger partial charge in [-0.25, -0.2) is 30.4 Å². The van der Waals surface area contributed by atoms with Crippen molar-refractivity contribution in [3.8, 4) is 5.75 Å². The Labute approximate surface area is 279 Å². The van der Waals surface area contributed by atoms with E-state index in [9.17, 15) is 40.6 Å². The molecule has 16 heteroatoms. The van der Waals surface area contributed by atoms with Crippen LogP contribution < -0.4 is 20.7 Å². The molecule has 262 valence electrons. The second-order valence-electron chi connectivity index (χ2n) is 12.0. The number of hydrogen-bond acceptors (Lipinski definition) is 9. The van der Waals surface area contributed by atoms with E-state index in [1.807, 2.05) is 0 Å². The SMILES string of the molecule is CC(C)N(Cc1c(F)cccc1F)C(=O)Nc1ccc(S(=O)(=O)C(NC[C@H](O)c2ccc(O)c(NS(C)(=O)=O)c2)C2CCNCC2)cc1. The fourth-order valence-electron chi connectivity index (χ4n) is 5.48. The van der Waals surface area contributed by atoms with Crippen LogP contribution >= 0.6 is 0 Å². The van der Waals surface area contributed by atoms with Crippen molar-refractivity contribution in [2.75, 3.05) is 35.9 Å². The van der Waals surface area contributed by atoms with E-state index in [1.165, 1.54) is 53.4 Å². The van der Waals surface area contributed by atoms with Crippen molar-refractivity contribution in [1.29, 1.82) is 0 Å². The summed E-state index contributed by atoms with van der Waals surface area (Å²) in [6.45, 7) is 4.10. The van der Waals surface area contributed by atoms with Gasteiger partial charge in [0, 0.05) is 23.8 Å². The van der Waals surface area contributed by atoms with Gasteiger partial charge in [-0.1, -0.05) is 12.1 Å². The van der Waals surface area contributed by atoms with E-state index in [1.54, 1.807) is 13.8 Å². The zero-order valence-electron chi connectivity index (χ0n) is 26.8. The maximum atomic E-state index is 14.3. The number of urea groups is 1. The minimum Gasteiger partial charge on any atom is -0.506 e. The predicted molar refractivity (Wildman–Crippen MR) is 179 cm³/mol. The van der Waals surface area contributed by atoms with Crippen LogP contribution in [0.2, 0.25) is 0 Å². The molecular weight excluding hydrogens is 669 g/mol. The van der Waals surface area contributed by atoms with Gasteiger partial charge in [0.25, 0.3) is 0 Å². The summed E-state index contributed by atoms with van der Waals surface area (Å²) in [6, 6.07) is 11.9. The first-order valence-corrected chi connectivity index (χ1v) is 18.8. The fraction of sp³-hybridized carbons (Fsp3) is 0.406. The van der Waals surface area contributed by atoms with Crippen LogP contribution in [-0.4, -0.2) is 75.3 Å². The number of carbonyl (C=O) groups excluding carboxylic acids is 1. The van der Waals surface area contributed by atoms with E-state index >= 15 is 0 Å². The highest BCUT2D eigenvalue weighted by molar-refractivity contribution is 7.92. The number of hydrogen-bond donors (Lipinski definition) is 6. The van der Waals surface area contributed by atoms with E-state index in [2.05, 4.69) is 20.7 Å². The molecule has 1 unspecified atom stereocenters. The minimum atomic E-state index is -4.03. The van der Waals surface area contributed by atoms with Crippen molar-refractivity contribution in [3.63, 3.8) is 0 Å². The lowest BCUT2D eigenvalue weighted by Crippen LogP contribution is -2.47. The quantitative estimate of drug-likeness (QED) is 0.144. The van der Waals surface area contributed by atoms with Gasteiger partial charge < -0.3 is 25.7 Å². The van der Waals surface area contributed by atoms with Gasteiger partial charge in [-0.2, -0.15) is 0 Å². The van der Waals surface area contributed by atoms with E-state index < -0.39 is 55.0 Å². The number of halogens is 2. The highest BCUT2D eigenvalue weighted by atomic mass is 32.2. The normalized spacial score (nSPS) is 15.6. The Morgan fingerprint density at radius 2 is 1.62 bits per heavy atom. The zero-order valence-corrected chi connectivity index (χ0v) is 28.4. The number of carbonyl (C=O) groups is 1. The second kappa shape index (κ2) is 15.6. The number of piperidine rings is 1. The van der Waals surface area contributed by atoms with Crippen LogP contribution in [0, 0.1) is 17.6 Å². The number of aliphatic hydroxyl groups is 1. The van der Waals surface area contributed by atoms with Crippen molar-refractivity contribution in [2.45, 2.75) is 55.6 Å².